The van der Waals surface area contributed by atoms with Gasteiger partial charge in [0.25, 0.3) is 0 Å². The molecule has 0 saturated carbocycles. The van der Waals surface area contributed by atoms with Crippen LogP contribution in [0.3, 0.4) is 0 Å². The average molecular weight is 384 g/mol. The Kier molecular flexibility index (Phi) is 5.73. The minimum absolute atomic E-state index is 0.0730. The van der Waals surface area contributed by atoms with Gasteiger partial charge in [-0.2, -0.15) is 0 Å². The minimum Gasteiger partial charge on any atom is -0.457 e. The number of nitrogens with one attached hydrogen (secondary N) is 2. The summed E-state index contributed by atoms with van der Waals surface area (Å²) in [5.41, 5.74) is 2.34. The SMILES string of the molecule is CNS(=O)(=O)Cc1ccc(CNC(=O)/C=C/c2cc3ccccc3o2)cc1. The van der Waals surface area contributed by atoms with E-state index < -0.39 is 10.0 Å². The molecule has 1 amide bonds. The summed E-state index contributed by atoms with van der Waals surface area (Å²) >= 11 is 0. The molecule has 0 aliphatic heterocycles. The first-order valence-electron chi connectivity index (χ1n) is 8.39. The molecule has 2 N–H and O–H groups in total. The van der Waals surface area contributed by atoms with Crippen LogP contribution in [0.1, 0.15) is 16.9 Å². The quantitative estimate of drug-likeness (QED) is 0.613. The van der Waals surface area contributed by atoms with Gasteiger partial charge in [0.15, 0.2) is 0 Å². The van der Waals surface area contributed by atoms with Crippen molar-refractivity contribution in [1.29, 1.82) is 0 Å². The van der Waals surface area contributed by atoms with Crippen molar-refractivity contribution in [3.8, 4) is 0 Å². The lowest BCUT2D eigenvalue weighted by atomic mass is 10.1. The van der Waals surface area contributed by atoms with Crippen LogP contribution in [0.4, 0.5) is 0 Å². The Labute approximate surface area is 157 Å². The number of hydrogen-bond acceptors (Lipinski definition) is 4. The highest BCUT2D eigenvalue weighted by molar-refractivity contribution is 7.88. The largest absolute Gasteiger partial charge is 0.457 e. The third-order valence-electron chi connectivity index (χ3n) is 4.00. The predicted molar refractivity (Wildman–Crippen MR) is 105 cm³/mol. The number of para-hydroxylation sites is 1. The van der Waals surface area contributed by atoms with Gasteiger partial charge < -0.3 is 9.73 Å². The molecule has 0 spiro atoms. The highest BCUT2D eigenvalue weighted by atomic mass is 32.2. The monoisotopic (exact) mass is 384 g/mol. The second kappa shape index (κ2) is 8.20. The van der Waals surface area contributed by atoms with Crippen LogP contribution in [0.25, 0.3) is 17.0 Å². The van der Waals surface area contributed by atoms with Gasteiger partial charge >= 0.3 is 0 Å². The van der Waals surface area contributed by atoms with Gasteiger partial charge in [-0.25, -0.2) is 13.1 Å². The Morgan fingerprint density at radius 1 is 1.07 bits per heavy atom. The van der Waals surface area contributed by atoms with Gasteiger partial charge in [-0.05, 0) is 36.4 Å². The topological polar surface area (TPSA) is 88.4 Å². The van der Waals surface area contributed by atoms with Crippen molar-refractivity contribution in [3.05, 3.63) is 77.6 Å². The van der Waals surface area contributed by atoms with Crippen molar-refractivity contribution in [2.75, 3.05) is 7.05 Å². The maximum Gasteiger partial charge on any atom is 0.244 e. The predicted octanol–water partition coefficient (Wildman–Crippen LogP) is 2.81. The van der Waals surface area contributed by atoms with Crippen LogP contribution in [-0.2, 0) is 27.1 Å². The van der Waals surface area contributed by atoms with Crippen molar-refractivity contribution < 1.29 is 17.6 Å². The number of fused-ring (bicyclic) bond motifs is 1. The lowest BCUT2D eigenvalue weighted by molar-refractivity contribution is -0.116. The van der Waals surface area contributed by atoms with E-state index in [4.69, 9.17) is 4.42 Å². The van der Waals surface area contributed by atoms with Gasteiger partial charge in [0.05, 0.1) is 5.75 Å². The lowest BCUT2D eigenvalue weighted by Crippen LogP contribution is -2.21. The number of amides is 1. The summed E-state index contributed by atoms with van der Waals surface area (Å²) in [6.07, 6.45) is 3.05. The number of carbonyl (C=O) groups is 1. The van der Waals surface area contributed by atoms with Gasteiger partial charge in [0.2, 0.25) is 15.9 Å². The van der Waals surface area contributed by atoms with E-state index in [-0.39, 0.29) is 11.7 Å². The standard InChI is InChI=1S/C20H20N2O4S/c1-21-27(24,25)14-16-8-6-15(7-9-16)13-22-20(23)11-10-18-12-17-4-2-3-5-19(17)26-18/h2-12,21H,13-14H2,1H3,(H,22,23)/b11-10+. The Morgan fingerprint density at radius 2 is 1.78 bits per heavy atom. The van der Waals surface area contributed by atoms with Crippen LogP contribution < -0.4 is 10.0 Å². The molecule has 1 heterocycles. The minimum atomic E-state index is -3.29. The molecule has 0 radical (unpaired) electrons. The number of benzene rings is 2. The average Bonchev–Trinajstić information content (AvgIpc) is 3.08. The van der Waals surface area contributed by atoms with Crippen molar-refractivity contribution in [1.82, 2.24) is 10.0 Å². The normalized spacial score (nSPS) is 11.9. The molecule has 3 aromatic rings. The molecule has 27 heavy (non-hydrogen) atoms. The molecule has 2 aromatic carbocycles. The van der Waals surface area contributed by atoms with Gasteiger partial charge in [-0.1, -0.05) is 42.5 Å². The highest BCUT2D eigenvalue weighted by Gasteiger charge is 2.08. The molecule has 0 aliphatic carbocycles. The van der Waals surface area contributed by atoms with E-state index in [0.717, 1.165) is 16.5 Å². The van der Waals surface area contributed by atoms with Gasteiger partial charge in [-0.3, -0.25) is 4.79 Å². The maximum atomic E-state index is 12.0. The van der Waals surface area contributed by atoms with Gasteiger partial charge in [0.1, 0.15) is 11.3 Å². The fourth-order valence-electron chi connectivity index (χ4n) is 2.54. The zero-order valence-electron chi connectivity index (χ0n) is 14.8. The van der Waals surface area contributed by atoms with Gasteiger partial charge in [-0.15, -0.1) is 0 Å². The maximum absolute atomic E-state index is 12.0. The fraction of sp³-hybridized carbons (Fsp3) is 0.150. The smallest absolute Gasteiger partial charge is 0.244 e. The van der Waals surface area contributed by atoms with E-state index in [0.29, 0.717) is 17.9 Å². The van der Waals surface area contributed by atoms with Crippen LogP contribution in [0, 0.1) is 0 Å². The molecule has 6 nitrogen and oxygen atoms in total. The third-order valence-corrected chi connectivity index (χ3v) is 5.34. The van der Waals surface area contributed by atoms with Crippen LogP contribution in [0.5, 0.6) is 0 Å². The van der Waals surface area contributed by atoms with Gasteiger partial charge in [0, 0.05) is 18.0 Å². The second-order valence-corrected chi connectivity index (χ2v) is 7.94. The summed E-state index contributed by atoms with van der Waals surface area (Å²) in [6.45, 7) is 0.350. The molecule has 0 unspecified atom stereocenters. The molecule has 7 heteroatoms. The summed E-state index contributed by atoms with van der Waals surface area (Å²) in [5, 5.41) is 3.77. The summed E-state index contributed by atoms with van der Waals surface area (Å²) in [7, 11) is -1.91. The van der Waals surface area contributed by atoms with Crippen LogP contribution in [-0.4, -0.2) is 21.4 Å². The highest BCUT2D eigenvalue weighted by Crippen LogP contribution is 2.19. The molecular weight excluding hydrogens is 364 g/mol. The Bertz CT molecular complexity index is 1030. The first-order valence-corrected chi connectivity index (χ1v) is 10.0. The molecule has 140 valence electrons. The summed E-state index contributed by atoms with van der Waals surface area (Å²) in [5.74, 6) is 0.301. The van der Waals surface area contributed by atoms with Crippen LogP contribution in [0.2, 0.25) is 0 Å². The first kappa shape index (κ1) is 18.9. The number of furan rings is 1. The second-order valence-electron chi connectivity index (χ2n) is 6.02. The molecule has 1 aromatic heterocycles. The molecule has 0 saturated heterocycles. The number of sulfonamides is 1. The van der Waals surface area contributed by atoms with E-state index >= 15 is 0 Å². The molecule has 0 atom stereocenters. The zero-order chi connectivity index (χ0) is 19.3. The molecular formula is C20H20N2O4S. The van der Waals surface area contributed by atoms with Crippen molar-refractivity contribution in [2.45, 2.75) is 12.3 Å². The van der Waals surface area contributed by atoms with Crippen LogP contribution >= 0.6 is 0 Å². The van der Waals surface area contributed by atoms with Crippen molar-refractivity contribution in [2.24, 2.45) is 0 Å². The molecule has 0 aliphatic rings. The van der Waals surface area contributed by atoms with E-state index in [1.54, 1.807) is 30.3 Å². The number of rotatable bonds is 7. The van der Waals surface area contributed by atoms with E-state index in [9.17, 15) is 13.2 Å². The number of carbonyl (C=O) groups excluding carboxylic acids is 1. The lowest BCUT2D eigenvalue weighted by Gasteiger charge is -2.05. The Hall–Kier alpha value is -2.90. The Balaban J connectivity index is 1.54. The molecule has 0 fully saturated rings. The summed E-state index contributed by atoms with van der Waals surface area (Å²) in [4.78, 5) is 12.0. The van der Waals surface area contributed by atoms with E-state index in [1.165, 1.54) is 13.1 Å². The molecule has 3 rings (SSSR count). The fourth-order valence-corrected chi connectivity index (χ4v) is 3.31. The van der Waals surface area contributed by atoms with E-state index in [1.807, 2.05) is 30.3 Å². The first-order chi connectivity index (χ1) is 12.9. The summed E-state index contributed by atoms with van der Waals surface area (Å²) < 4.78 is 31.0. The molecule has 0 bridgehead atoms. The Morgan fingerprint density at radius 3 is 2.48 bits per heavy atom. The summed E-state index contributed by atoms with van der Waals surface area (Å²) in [6, 6.07) is 16.6. The van der Waals surface area contributed by atoms with Crippen LogP contribution in [0.15, 0.2) is 65.1 Å². The van der Waals surface area contributed by atoms with E-state index in [2.05, 4.69) is 10.0 Å². The zero-order valence-corrected chi connectivity index (χ0v) is 15.6. The van der Waals surface area contributed by atoms with Crippen molar-refractivity contribution in [3.63, 3.8) is 0 Å². The number of hydrogen-bond donors (Lipinski definition) is 2. The van der Waals surface area contributed by atoms with Crippen molar-refractivity contribution >= 4 is 33.0 Å². The third kappa shape index (κ3) is 5.29.